The summed E-state index contributed by atoms with van der Waals surface area (Å²) in [5, 5.41) is 12.1. The summed E-state index contributed by atoms with van der Waals surface area (Å²) in [4.78, 5) is 19.5. The van der Waals surface area contributed by atoms with E-state index in [0.717, 1.165) is 5.57 Å². The minimum absolute atomic E-state index is 0.221. The molecule has 2 rings (SSSR count). The van der Waals surface area contributed by atoms with Crippen LogP contribution in [0, 0.1) is 11.3 Å². The normalized spacial score (nSPS) is 12.0. The molecule has 0 atom stereocenters. The minimum atomic E-state index is -0.400. The number of hydrogen-bond donors (Lipinski definition) is 2. The van der Waals surface area contributed by atoms with Crippen LogP contribution >= 0.6 is 0 Å². The molecular formula is C18H21N5O. The molecule has 6 nitrogen and oxygen atoms in total. The van der Waals surface area contributed by atoms with E-state index in [2.05, 4.69) is 28.4 Å². The number of imidazole rings is 1. The van der Waals surface area contributed by atoms with E-state index in [0.29, 0.717) is 28.1 Å². The Balaban J connectivity index is 2.61. The number of fused-ring (bicyclic) bond motifs is 1. The van der Waals surface area contributed by atoms with Crippen molar-refractivity contribution < 1.29 is 0 Å². The molecule has 0 aliphatic heterocycles. The Morgan fingerprint density at radius 1 is 1.46 bits per heavy atom. The van der Waals surface area contributed by atoms with E-state index in [9.17, 15) is 4.79 Å². The highest BCUT2D eigenvalue weighted by atomic mass is 16.1. The fourth-order valence-corrected chi connectivity index (χ4v) is 2.35. The van der Waals surface area contributed by atoms with Gasteiger partial charge in [-0.25, -0.2) is 9.78 Å². The van der Waals surface area contributed by atoms with Crippen LogP contribution in [0.4, 0.5) is 5.69 Å². The van der Waals surface area contributed by atoms with Gasteiger partial charge in [0.05, 0.1) is 11.8 Å². The first kappa shape index (κ1) is 17.3. The summed E-state index contributed by atoms with van der Waals surface area (Å²) >= 11 is 0. The van der Waals surface area contributed by atoms with Gasteiger partial charge >= 0.3 is 5.69 Å². The zero-order valence-electron chi connectivity index (χ0n) is 14.4. The number of nitriles is 1. The SMILES string of the molecule is C=C(C#N)/C=C(/Nc1ccnc2c1[nH]c(=O)n2C(C)(C)C)C(=C)C. The van der Waals surface area contributed by atoms with Gasteiger partial charge in [-0.2, -0.15) is 5.26 Å². The van der Waals surface area contributed by atoms with Crippen LogP contribution in [0.3, 0.4) is 0 Å². The van der Waals surface area contributed by atoms with E-state index in [1.165, 1.54) is 0 Å². The molecule has 0 saturated heterocycles. The summed E-state index contributed by atoms with van der Waals surface area (Å²) < 4.78 is 1.62. The maximum absolute atomic E-state index is 12.3. The third-order valence-electron chi connectivity index (χ3n) is 3.44. The average Bonchev–Trinajstić information content (AvgIpc) is 2.83. The van der Waals surface area contributed by atoms with Gasteiger partial charge in [-0.3, -0.25) is 4.57 Å². The van der Waals surface area contributed by atoms with Crippen LogP contribution in [-0.4, -0.2) is 14.5 Å². The van der Waals surface area contributed by atoms with Gasteiger partial charge in [0.1, 0.15) is 5.52 Å². The summed E-state index contributed by atoms with van der Waals surface area (Å²) in [5.41, 5.74) is 2.94. The van der Waals surface area contributed by atoms with Crippen molar-refractivity contribution in [2.45, 2.75) is 33.2 Å². The largest absolute Gasteiger partial charge is 0.353 e. The van der Waals surface area contributed by atoms with Crippen LogP contribution in [0.25, 0.3) is 11.2 Å². The van der Waals surface area contributed by atoms with E-state index in [-0.39, 0.29) is 5.69 Å². The first-order valence-corrected chi connectivity index (χ1v) is 7.49. The van der Waals surface area contributed by atoms with Gasteiger partial charge in [-0.1, -0.05) is 13.2 Å². The van der Waals surface area contributed by atoms with Crippen LogP contribution in [0.5, 0.6) is 0 Å². The average molecular weight is 323 g/mol. The van der Waals surface area contributed by atoms with Crippen LogP contribution in [0.1, 0.15) is 27.7 Å². The zero-order valence-corrected chi connectivity index (χ0v) is 14.4. The fourth-order valence-electron chi connectivity index (χ4n) is 2.35. The van der Waals surface area contributed by atoms with E-state index >= 15 is 0 Å². The van der Waals surface area contributed by atoms with Gasteiger partial charge in [-0.05, 0) is 45.4 Å². The predicted molar refractivity (Wildman–Crippen MR) is 96.6 cm³/mol. The van der Waals surface area contributed by atoms with Crippen molar-refractivity contribution in [1.82, 2.24) is 14.5 Å². The smallest absolute Gasteiger partial charge is 0.328 e. The zero-order chi connectivity index (χ0) is 18.1. The Hall–Kier alpha value is -3.07. The van der Waals surface area contributed by atoms with Crippen LogP contribution in [-0.2, 0) is 5.54 Å². The molecule has 2 N–H and O–H groups in total. The third kappa shape index (κ3) is 3.30. The van der Waals surface area contributed by atoms with Gasteiger partial charge in [0.15, 0.2) is 5.65 Å². The summed E-state index contributed by atoms with van der Waals surface area (Å²) in [6.07, 6.45) is 3.25. The highest BCUT2D eigenvalue weighted by Crippen LogP contribution is 2.25. The maximum atomic E-state index is 12.3. The van der Waals surface area contributed by atoms with E-state index in [1.807, 2.05) is 33.8 Å². The molecule has 0 saturated carbocycles. The number of rotatable bonds is 4. The van der Waals surface area contributed by atoms with Crippen molar-refractivity contribution in [3.8, 4) is 6.07 Å². The summed E-state index contributed by atoms with van der Waals surface area (Å²) in [6, 6.07) is 3.74. The van der Waals surface area contributed by atoms with Crippen molar-refractivity contribution in [2.75, 3.05) is 5.32 Å². The monoisotopic (exact) mass is 323 g/mol. The standard InChI is InChI=1S/C18H21N5O/c1-11(2)14(9-12(3)10-19)21-13-7-8-20-16-15(13)22-17(24)23(16)18(4,5)6/h7-9H,1,3H2,2,4-6H3,(H,20,21)(H,22,24)/b14-9+. The molecule has 124 valence electrons. The van der Waals surface area contributed by atoms with Crippen molar-refractivity contribution in [3.05, 3.63) is 58.8 Å². The first-order chi connectivity index (χ1) is 11.1. The Labute approximate surface area is 140 Å². The molecule has 6 heteroatoms. The van der Waals surface area contributed by atoms with E-state index < -0.39 is 5.54 Å². The molecule has 0 aliphatic carbocycles. The molecule has 0 fully saturated rings. The Bertz CT molecular complexity index is 944. The lowest BCUT2D eigenvalue weighted by Crippen LogP contribution is -2.32. The number of aromatic nitrogens is 3. The number of nitrogens with zero attached hydrogens (tertiary/aromatic N) is 3. The summed E-state index contributed by atoms with van der Waals surface area (Å²) in [6.45, 7) is 15.2. The number of pyridine rings is 1. The predicted octanol–water partition coefficient (Wildman–Crippen LogP) is 3.43. The number of nitrogens with one attached hydrogen (secondary N) is 2. The second-order valence-electron chi connectivity index (χ2n) is 6.59. The number of anilines is 1. The van der Waals surface area contributed by atoms with Crippen molar-refractivity contribution in [1.29, 1.82) is 5.26 Å². The van der Waals surface area contributed by atoms with Crippen molar-refractivity contribution in [2.24, 2.45) is 0 Å². The number of H-pyrrole nitrogens is 1. The Kier molecular flexibility index (Phi) is 4.47. The topological polar surface area (TPSA) is 86.5 Å². The third-order valence-corrected chi connectivity index (χ3v) is 3.44. The number of allylic oxidation sites excluding steroid dienone is 3. The highest BCUT2D eigenvalue weighted by molar-refractivity contribution is 5.86. The quantitative estimate of drug-likeness (QED) is 0.666. The van der Waals surface area contributed by atoms with E-state index in [1.54, 1.807) is 22.9 Å². The molecular weight excluding hydrogens is 302 g/mol. The molecule has 0 aliphatic rings. The lowest BCUT2D eigenvalue weighted by atomic mass is 10.1. The van der Waals surface area contributed by atoms with Gasteiger partial charge in [0, 0.05) is 23.0 Å². The van der Waals surface area contributed by atoms with Gasteiger partial charge in [0.2, 0.25) is 0 Å². The molecule has 0 bridgehead atoms. The molecule has 0 radical (unpaired) electrons. The molecule has 2 aromatic heterocycles. The number of aromatic amines is 1. The summed E-state index contributed by atoms with van der Waals surface area (Å²) in [7, 11) is 0. The lowest BCUT2D eigenvalue weighted by molar-refractivity contribution is 0.395. The highest BCUT2D eigenvalue weighted by Gasteiger charge is 2.21. The molecule has 0 spiro atoms. The maximum Gasteiger partial charge on any atom is 0.328 e. The van der Waals surface area contributed by atoms with Crippen molar-refractivity contribution in [3.63, 3.8) is 0 Å². The molecule has 2 heterocycles. The molecule has 2 aromatic rings. The fraction of sp³-hybridized carbons (Fsp3) is 0.278. The van der Waals surface area contributed by atoms with Crippen molar-refractivity contribution >= 4 is 16.9 Å². The lowest BCUT2D eigenvalue weighted by Gasteiger charge is -2.20. The molecule has 24 heavy (non-hydrogen) atoms. The number of hydrogen-bond acceptors (Lipinski definition) is 4. The summed E-state index contributed by atoms with van der Waals surface area (Å²) in [5.74, 6) is 0. The van der Waals surface area contributed by atoms with E-state index in [4.69, 9.17) is 5.26 Å². The minimum Gasteiger partial charge on any atom is -0.353 e. The van der Waals surface area contributed by atoms with Gasteiger partial charge in [0.25, 0.3) is 0 Å². The Morgan fingerprint density at radius 2 is 2.12 bits per heavy atom. The van der Waals surface area contributed by atoms with Crippen LogP contribution in [0.15, 0.2) is 53.1 Å². The first-order valence-electron chi connectivity index (χ1n) is 7.49. The molecule has 0 aromatic carbocycles. The second kappa shape index (κ2) is 6.20. The van der Waals surface area contributed by atoms with Crippen LogP contribution < -0.4 is 11.0 Å². The second-order valence-corrected chi connectivity index (χ2v) is 6.59. The van der Waals surface area contributed by atoms with Gasteiger partial charge < -0.3 is 10.3 Å². The molecule has 0 amide bonds. The molecule has 0 unspecified atom stereocenters. The van der Waals surface area contributed by atoms with Gasteiger partial charge in [-0.15, -0.1) is 0 Å². The van der Waals surface area contributed by atoms with Crippen LogP contribution in [0.2, 0.25) is 0 Å². The Morgan fingerprint density at radius 3 is 2.67 bits per heavy atom.